The Labute approximate surface area is 187 Å². The third-order valence-corrected chi connectivity index (χ3v) is 6.89. The Morgan fingerprint density at radius 2 is 1.84 bits per heavy atom. The fraction of sp³-hybridized carbons (Fsp3) is 0.450. The maximum atomic E-state index is 12.2. The van der Waals surface area contributed by atoms with E-state index in [1.807, 2.05) is 32.0 Å². The van der Waals surface area contributed by atoms with Crippen LogP contribution in [0.2, 0.25) is 0 Å². The zero-order valence-electron chi connectivity index (χ0n) is 17.2. The third-order valence-electron chi connectivity index (χ3n) is 5.02. The van der Waals surface area contributed by atoms with E-state index in [4.69, 9.17) is 0 Å². The van der Waals surface area contributed by atoms with Crippen molar-refractivity contribution in [1.82, 2.24) is 25.4 Å². The zero-order chi connectivity index (χ0) is 21.8. The molecule has 0 radical (unpaired) electrons. The van der Waals surface area contributed by atoms with Gasteiger partial charge in [-0.15, -0.1) is 20.4 Å². The van der Waals surface area contributed by atoms with Gasteiger partial charge >= 0.3 is 0 Å². The van der Waals surface area contributed by atoms with E-state index in [2.05, 4.69) is 36.0 Å². The lowest BCUT2D eigenvalue weighted by molar-refractivity contribution is -0.119. The van der Waals surface area contributed by atoms with Crippen molar-refractivity contribution in [3.8, 4) is 0 Å². The number of nitrogens with one attached hydrogen (secondary N) is 2. The molecule has 1 saturated carbocycles. The van der Waals surface area contributed by atoms with Gasteiger partial charge in [-0.2, -0.15) is 0 Å². The number of nitrogens with zero attached hydrogens (tertiary/aromatic N) is 5. The second-order valence-corrected chi connectivity index (χ2v) is 9.95. The molecule has 0 atom stereocenters. The lowest BCUT2D eigenvalue weighted by Gasteiger charge is -2.32. The van der Waals surface area contributed by atoms with Gasteiger partial charge in [-0.25, -0.2) is 0 Å². The monoisotopic (exact) mass is 457 g/mol. The molecule has 2 amide bonds. The van der Waals surface area contributed by atoms with E-state index in [9.17, 15) is 9.59 Å². The van der Waals surface area contributed by atoms with Crippen molar-refractivity contribution in [2.45, 2.75) is 45.4 Å². The maximum Gasteiger partial charge on any atom is 0.232 e. The second-order valence-electron chi connectivity index (χ2n) is 7.87. The number of aromatic nitrogens is 5. The molecule has 3 heterocycles. The van der Waals surface area contributed by atoms with Gasteiger partial charge in [0.15, 0.2) is 0 Å². The van der Waals surface area contributed by atoms with Gasteiger partial charge in [0.25, 0.3) is 0 Å². The van der Waals surface area contributed by atoms with Gasteiger partial charge in [0.05, 0.1) is 6.42 Å². The summed E-state index contributed by atoms with van der Waals surface area (Å²) in [6.07, 6.45) is 4.73. The van der Waals surface area contributed by atoms with Crippen LogP contribution in [-0.2, 0) is 22.4 Å². The summed E-state index contributed by atoms with van der Waals surface area (Å²) in [6, 6.07) is 5.49. The summed E-state index contributed by atoms with van der Waals surface area (Å²) >= 11 is 2.86. The molecule has 0 aliphatic heterocycles. The molecular weight excluding hydrogens is 434 g/mol. The van der Waals surface area contributed by atoms with Crippen LogP contribution in [0.15, 0.2) is 24.4 Å². The molecule has 3 aromatic rings. The fourth-order valence-corrected chi connectivity index (χ4v) is 5.01. The quantitative estimate of drug-likeness (QED) is 0.532. The molecule has 1 aliphatic carbocycles. The first-order chi connectivity index (χ1) is 15.0. The predicted octanol–water partition coefficient (Wildman–Crippen LogP) is 3.30. The van der Waals surface area contributed by atoms with Crippen molar-refractivity contribution in [3.63, 3.8) is 0 Å². The molecule has 9 nitrogen and oxygen atoms in total. The molecule has 0 aromatic carbocycles. The summed E-state index contributed by atoms with van der Waals surface area (Å²) in [7, 11) is 0. The van der Waals surface area contributed by atoms with Gasteiger partial charge in [-0.3, -0.25) is 14.6 Å². The van der Waals surface area contributed by atoms with Gasteiger partial charge in [0.1, 0.15) is 10.0 Å². The van der Waals surface area contributed by atoms with E-state index in [1.165, 1.54) is 22.7 Å². The Bertz CT molecular complexity index is 1040. The van der Waals surface area contributed by atoms with Crippen molar-refractivity contribution in [1.29, 1.82) is 0 Å². The van der Waals surface area contributed by atoms with Crippen LogP contribution < -0.4 is 10.6 Å². The zero-order valence-corrected chi connectivity index (χ0v) is 18.9. The minimum atomic E-state index is -0.149. The number of rotatable bonds is 8. The van der Waals surface area contributed by atoms with Gasteiger partial charge in [0, 0.05) is 30.1 Å². The van der Waals surface area contributed by atoms with E-state index in [1.54, 1.807) is 6.20 Å². The molecule has 31 heavy (non-hydrogen) atoms. The number of amides is 2. The van der Waals surface area contributed by atoms with E-state index in [-0.39, 0.29) is 24.2 Å². The molecule has 4 rings (SSSR count). The summed E-state index contributed by atoms with van der Waals surface area (Å²) < 4.78 is 0. The Kier molecular flexibility index (Phi) is 6.62. The number of anilines is 2. The highest BCUT2D eigenvalue weighted by Gasteiger charge is 2.33. The standard InChI is InChI=1S/C20H23N7O2S2/c1-11(2)17(29)23-20-26-24-16(30-20)9-12-7-13(8-12)18-25-27-19(31-18)22-15(28)10-14-5-3-4-6-21-14/h3-6,11-13H,7-10H2,1-2H3,(H,22,27,28)(H,23,26,29). The van der Waals surface area contributed by atoms with Crippen LogP contribution in [0.25, 0.3) is 0 Å². The van der Waals surface area contributed by atoms with Crippen LogP contribution in [0.5, 0.6) is 0 Å². The summed E-state index contributed by atoms with van der Waals surface area (Å²) in [5, 5.41) is 25.2. The van der Waals surface area contributed by atoms with Gasteiger partial charge in [-0.05, 0) is 30.9 Å². The van der Waals surface area contributed by atoms with Crippen LogP contribution in [0.1, 0.15) is 48.3 Å². The molecule has 0 spiro atoms. The highest BCUT2D eigenvalue weighted by molar-refractivity contribution is 7.15. The molecule has 0 bridgehead atoms. The van der Waals surface area contributed by atoms with Gasteiger partial charge in [-0.1, -0.05) is 42.6 Å². The third kappa shape index (κ3) is 5.67. The molecule has 1 aliphatic rings. The smallest absolute Gasteiger partial charge is 0.232 e. The number of carbonyl (C=O) groups is 2. The van der Waals surface area contributed by atoms with E-state index in [0.717, 1.165) is 35.0 Å². The van der Waals surface area contributed by atoms with Crippen molar-refractivity contribution < 1.29 is 9.59 Å². The second kappa shape index (κ2) is 9.56. The Balaban J connectivity index is 1.23. The average molecular weight is 458 g/mol. The highest BCUT2D eigenvalue weighted by atomic mass is 32.1. The first-order valence-electron chi connectivity index (χ1n) is 10.1. The number of carbonyl (C=O) groups excluding carboxylic acids is 2. The fourth-order valence-electron chi connectivity index (χ4n) is 3.27. The average Bonchev–Trinajstić information content (AvgIpc) is 3.34. The van der Waals surface area contributed by atoms with Crippen molar-refractivity contribution in [3.05, 3.63) is 40.1 Å². The van der Waals surface area contributed by atoms with Crippen molar-refractivity contribution in [2.75, 3.05) is 10.6 Å². The molecule has 162 valence electrons. The van der Waals surface area contributed by atoms with Crippen molar-refractivity contribution >= 4 is 44.8 Å². The first-order valence-corrected chi connectivity index (χ1v) is 11.8. The Morgan fingerprint density at radius 3 is 2.58 bits per heavy atom. The molecule has 2 N–H and O–H groups in total. The van der Waals surface area contributed by atoms with Crippen LogP contribution in [0, 0.1) is 11.8 Å². The van der Waals surface area contributed by atoms with Crippen LogP contribution in [-0.4, -0.2) is 37.2 Å². The predicted molar refractivity (Wildman–Crippen MR) is 119 cm³/mol. The van der Waals surface area contributed by atoms with E-state index >= 15 is 0 Å². The molecule has 11 heteroatoms. The minimum absolute atomic E-state index is 0.0504. The molecular formula is C20H23N7O2S2. The van der Waals surface area contributed by atoms with E-state index in [0.29, 0.717) is 22.1 Å². The summed E-state index contributed by atoms with van der Waals surface area (Å²) in [5.41, 5.74) is 0.718. The lowest BCUT2D eigenvalue weighted by Crippen LogP contribution is -2.23. The SMILES string of the molecule is CC(C)C(=O)Nc1nnc(CC2CC(c3nnc(NC(=O)Cc4ccccn4)s3)C2)s1. The minimum Gasteiger partial charge on any atom is -0.300 e. The molecule has 1 fully saturated rings. The molecule has 0 unspecified atom stereocenters. The van der Waals surface area contributed by atoms with Gasteiger partial charge in [0.2, 0.25) is 22.1 Å². The topological polar surface area (TPSA) is 123 Å². The Hall–Kier alpha value is -2.79. The van der Waals surface area contributed by atoms with Crippen molar-refractivity contribution in [2.24, 2.45) is 11.8 Å². The van der Waals surface area contributed by atoms with Gasteiger partial charge < -0.3 is 10.6 Å². The Morgan fingerprint density at radius 1 is 1.06 bits per heavy atom. The maximum absolute atomic E-state index is 12.2. The number of hydrogen-bond acceptors (Lipinski definition) is 9. The molecule has 0 saturated heterocycles. The van der Waals surface area contributed by atoms with Crippen LogP contribution >= 0.6 is 22.7 Å². The first kappa shape index (κ1) is 21.4. The summed E-state index contributed by atoms with van der Waals surface area (Å²) in [4.78, 5) is 28.1. The highest BCUT2D eigenvalue weighted by Crippen LogP contribution is 2.44. The largest absolute Gasteiger partial charge is 0.300 e. The summed E-state index contributed by atoms with van der Waals surface area (Å²) in [6.45, 7) is 3.69. The number of pyridine rings is 1. The normalized spacial score (nSPS) is 17.9. The van der Waals surface area contributed by atoms with Crippen LogP contribution in [0.3, 0.4) is 0 Å². The summed E-state index contributed by atoms with van der Waals surface area (Å²) in [5.74, 6) is 0.584. The number of hydrogen-bond donors (Lipinski definition) is 2. The molecule has 3 aromatic heterocycles. The lowest BCUT2D eigenvalue weighted by atomic mass is 9.74. The van der Waals surface area contributed by atoms with Crippen LogP contribution in [0.4, 0.5) is 10.3 Å². The van der Waals surface area contributed by atoms with E-state index < -0.39 is 0 Å².